The molecular formula is C17H19IN6O. The van der Waals surface area contributed by atoms with Crippen molar-refractivity contribution in [2.45, 2.75) is 35.1 Å². The second kappa shape index (κ2) is 5.86. The molecule has 2 aliphatic rings. The van der Waals surface area contributed by atoms with E-state index in [4.69, 9.17) is 0 Å². The third-order valence-corrected chi connectivity index (χ3v) is 6.68. The second-order valence-corrected chi connectivity index (χ2v) is 8.55. The number of halogens is 1. The molecule has 4 heterocycles. The van der Waals surface area contributed by atoms with Crippen molar-refractivity contribution in [2.24, 2.45) is 0 Å². The molecule has 8 heteroatoms. The monoisotopic (exact) mass is 450 g/mol. The van der Waals surface area contributed by atoms with E-state index in [1.165, 1.54) is 6.42 Å². The number of urea groups is 1. The van der Waals surface area contributed by atoms with Gasteiger partial charge in [-0.1, -0.05) is 22.6 Å². The Morgan fingerprint density at radius 3 is 2.96 bits per heavy atom. The molecule has 130 valence electrons. The van der Waals surface area contributed by atoms with Crippen LogP contribution in [0.3, 0.4) is 0 Å². The van der Waals surface area contributed by atoms with Gasteiger partial charge in [-0.15, -0.1) is 0 Å². The lowest BCUT2D eigenvalue weighted by molar-refractivity contribution is 0.196. The Hall–Kier alpha value is -1.84. The largest absolute Gasteiger partial charge is 0.345 e. The first kappa shape index (κ1) is 15.4. The second-order valence-electron chi connectivity index (χ2n) is 6.95. The average Bonchev–Trinajstić information content (AvgIpc) is 3.26. The lowest BCUT2D eigenvalue weighted by atomic mass is 9.93. The number of carbonyl (C=O) groups is 1. The Morgan fingerprint density at radius 2 is 2.16 bits per heavy atom. The summed E-state index contributed by atoms with van der Waals surface area (Å²) >= 11 is 2.47. The number of carbonyl (C=O) groups excluding carboxylic acids is 1. The van der Waals surface area contributed by atoms with E-state index in [9.17, 15) is 4.79 Å². The van der Waals surface area contributed by atoms with Crippen molar-refractivity contribution in [3.05, 3.63) is 30.4 Å². The van der Waals surface area contributed by atoms with E-state index < -0.39 is 0 Å². The first-order chi connectivity index (χ1) is 12.2. The summed E-state index contributed by atoms with van der Waals surface area (Å²) in [7, 11) is 0. The molecule has 5 rings (SSSR count). The number of hydrogen-bond acceptors (Lipinski definition) is 3. The Morgan fingerprint density at radius 1 is 1.28 bits per heavy atom. The molecule has 1 saturated heterocycles. The van der Waals surface area contributed by atoms with Gasteiger partial charge >= 0.3 is 6.03 Å². The number of alkyl halides is 1. The highest BCUT2D eigenvalue weighted by Crippen LogP contribution is 2.34. The third kappa shape index (κ3) is 2.49. The summed E-state index contributed by atoms with van der Waals surface area (Å²) in [6, 6.07) is 2.48. The van der Waals surface area contributed by atoms with Crippen LogP contribution in [0.15, 0.2) is 24.7 Å². The number of nitrogens with one attached hydrogen (secondary N) is 2. The Labute approximate surface area is 158 Å². The van der Waals surface area contributed by atoms with Crippen LogP contribution in [0.2, 0.25) is 0 Å². The van der Waals surface area contributed by atoms with Gasteiger partial charge < -0.3 is 15.2 Å². The van der Waals surface area contributed by atoms with Crippen molar-refractivity contribution < 1.29 is 4.79 Å². The minimum absolute atomic E-state index is 0.0798. The smallest absolute Gasteiger partial charge is 0.317 e. The Bertz CT molecular complexity index is 945. The number of imidazole rings is 1. The number of likely N-dealkylation sites (tertiary alicyclic amines) is 1. The molecule has 0 spiro atoms. The van der Waals surface area contributed by atoms with Crippen molar-refractivity contribution in [3.8, 4) is 0 Å². The number of nitrogens with zero attached hydrogens (tertiary/aromatic N) is 4. The fraction of sp³-hybridized carbons (Fsp3) is 0.471. The zero-order valence-electron chi connectivity index (χ0n) is 13.7. The summed E-state index contributed by atoms with van der Waals surface area (Å²) < 4.78 is 2.54. The molecule has 7 nitrogen and oxygen atoms in total. The van der Waals surface area contributed by atoms with Crippen molar-refractivity contribution in [1.29, 1.82) is 0 Å². The lowest BCUT2D eigenvalue weighted by Crippen LogP contribution is -2.46. The zero-order valence-corrected chi connectivity index (χ0v) is 15.8. The van der Waals surface area contributed by atoms with Crippen LogP contribution in [0.4, 0.5) is 4.79 Å². The van der Waals surface area contributed by atoms with Gasteiger partial charge in [0.2, 0.25) is 0 Å². The van der Waals surface area contributed by atoms with E-state index in [-0.39, 0.29) is 11.9 Å². The van der Waals surface area contributed by atoms with Crippen molar-refractivity contribution in [1.82, 2.24) is 29.6 Å². The maximum Gasteiger partial charge on any atom is 0.317 e. The van der Waals surface area contributed by atoms with Gasteiger partial charge in [0.1, 0.15) is 0 Å². The molecule has 0 aromatic carbocycles. The van der Waals surface area contributed by atoms with Crippen LogP contribution in [-0.2, 0) is 0 Å². The molecule has 2 atom stereocenters. The first-order valence-electron chi connectivity index (χ1n) is 8.69. The molecule has 2 amide bonds. The predicted molar refractivity (Wildman–Crippen MR) is 103 cm³/mol. The standard InChI is InChI=1S/C17H19IN6O/c18-12-9-23(17(25)22-10-2-1-3-10)8-11(12)14-6-20-15-7-21-16-13(24(14)15)4-5-19-16/h4-7,10-12,19H,1-3,8-9H2,(H,22,25)/t11-,12+/m0/s1. The molecule has 25 heavy (non-hydrogen) atoms. The number of H-pyrrole nitrogens is 1. The summed E-state index contributed by atoms with van der Waals surface area (Å²) in [6.07, 6.45) is 9.08. The number of aromatic amines is 1. The van der Waals surface area contributed by atoms with Crippen molar-refractivity contribution in [3.63, 3.8) is 0 Å². The van der Waals surface area contributed by atoms with Crippen LogP contribution in [0.5, 0.6) is 0 Å². The van der Waals surface area contributed by atoms with Crippen LogP contribution in [0.1, 0.15) is 30.9 Å². The van der Waals surface area contributed by atoms with E-state index >= 15 is 0 Å². The van der Waals surface area contributed by atoms with Crippen molar-refractivity contribution in [2.75, 3.05) is 13.1 Å². The van der Waals surface area contributed by atoms with Crippen LogP contribution in [0.25, 0.3) is 16.8 Å². The van der Waals surface area contributed by atoms with Gasteiger partial charge in [-0.2, -0.15) is 0 Å². The molecular weight excluding hydrogens is 431 g/mol. The lowest BCUT2D eigenvalue weighted by Gasteiger charge is -2.29. The highest BCUT2D eigenvalue weighted by Gasteiger charge is 2.37. The minimum atomic E-state index is 0.0798. The van der Waals surface area contributed by atoms with Gasteiger partial charge in [0.15, 0.2) is 11.3 Å². The molecule has 2 fully saturated rings. The maximum atomic E-state index is 12.5. The fourth-order valence-corrected chi connectivity index (χ4v) is 4.85. The maximum absolute atomic E-state index is 12.5. The molecule has 3 aromatic heterocycles. The third-order valence-electron chi connectivity index (χ3n) is 5.42. The molecule has 1 aliphatic carbocycles. The van der Waals surface area contributed by atoms with E-state index in [0.29, 0.717) is 9.97 Å². The Kier molecular flexibility index (Phi) is 3.61. The van der Waals surface area contributed by atoms with E-state index in [2.05, 4.69) is 47.3 Å². The van der Waals surface area contributed by atoms with Crippen LogP contribution < -0.4 is 5.32 Å². The molecule has 1 saturated carbocycles. The number of amides is 2. The number of hydrogen-bond donors (Lipinski definition) is 2. The predicted octanol–water partition coefficient (Wildman–Crippen LogP) is 2.68. The SMILES string of the molecule is O=C(NC1CCC1)N1C[C@@H](I)[C@@H](c2cnc3cnc4[nH]ccc4n23)C1. The topological polar surface area (TPSA) is 78.3 Å². The quantitative estimate of drug-likeness (QED) is 0.466. The molecule has 3 aromatic rings. The van der Waals surface area contributed by atoms with Gasteiger partial charge in [0.05, 0.1) is 11.7 Å². The summed E-state index contributed by atoms with van der Waals surface area (Å²) in [5.41, 5.74) is 3.89. The van der Waals surface area contributed by atoms with E-state index in [0.717, 1.165) is 48.4 Å². The van der Waals surface area contributed by atoms with Crippen molar-refractivity contribution >= 4 is 45.4 Å². The summed E-state index contributed by atoms with van der Waals surface area (Å²) in [6.45, 7) is 1.51. The summed E-state index contributed by atoms with van der Waals surface area (Å²) in [5, 5.41) is 3.15. The highest BCUT2D eigenvalue weighted by atomic mass is 127. The molecule has 1 aliphatic heterocycles. The highest BCUT2D eigenvalue weighted by molar-refractivity contribution is 14.1. The number of rotatable bonds is 2. The van der Waals surface area contributed by atoms with Gasteiger partial charge in [0.25, 0.3) is 0 Å². The van der Waals surface area contributed by atoms with Crippen LogP contribution in [0, 0.1) is 0 Å². The van der Waals surface area contributed by atoms with Crippen LogP contribution in [-0.4, -0.2) is 53.3 Å². The normalized spacial score (nSPS) is 24.1. The van der Waals surface area contributed by atoms with E-state index in [1.54, 1.807) is 6.20 Å². The molecule has 2 N–H and O–H groups in total. The first-order valence-corrected chi connectivity index (χ1v) is 9.94. The summed E-state index contributed by atoms with van der Waals surface area (Å²) in [5.74, 6) is 0.267. The molecule has 0 unspecified atom stereocenters. The molecule has 0 radical (unpaired) electrons. The molecule has 0 bridgehead atoms. The number of aromatic nitrogens is 4. The fourth-order valence-electron chi connectivity index (χ4n) is 3.78. The van der Waals surface area contributed by atoms with Gasteiger partial charge in [0, 0.05) is 47.1 Å². The van der Waals surface area contributed by atoms with Gasteiger partial charge in [-0.25, -0.2) is 14.8 Å². The van der Waals surface area contributed by atoms with E-state index in [1.807, 2.05) is 23.4 Å². The van der Waals surface area contributed by atoms with Gasteiger partial charge in [-0.3, -0.25) is 4.40 Å². The zero-order chi connectivity index (χ0) is 17.0. The van der Waals surface area contributed by atoms with Crippen LogP contribution >= 0.6 is 22.6 Å². The number of fused-ring (bicyclic) bond motifs is 3. The average molecular weight is 450 g/mol. The summed E-state index contributed by atoms with van der Waals surface area (Å²) in [4.78, 5) is 26.6. The minimum Gasteiger partial charge on any atom is -0.345 e. The Balaban J connectivity index is 1.46. The van der Waals surface area contributed by atoms with Gasteiger partial charge in [-0.05, 0) is 25.3 Å².